The van der Waals surface area contributed by atoms with Crippen molar-refractivity contribution in [3.63, 3.8) is 0 Å². The van der Waals surface area contributed by atoms with Crippen LogP contribution >= 0.6 is 11.8 Å². The third-order valence-corrected chi connectivity index (χ3v) is 10.9. The molecule has 160 valence electrons. The first kappa shape index (κ1) is 20.1. The molecule has 2 N–H and O–H groups in total. The predicted octanol–water partition coefficient (Wildman–Crippen LogP) is 4.57. The molecule has 0 aromatic carbocycles. The van der Waals surface area contributed by atoms with E-state index in [0.717, 1.165) is 61.3 Å². The standard InChI is InChI=1S/C24H36N2O2S/c1-22-9-6-17(27)14-16(22)4-5-18-19(22)7-10-23(2)20(18)8-11-24(23,28)15-29-21-25-12-13-26(21)3/h12-14,17-20,27-28H,4-11,15H2,1-3H3/t17-,18+,19+,20-,22+,23-,24-/m1/s1. The van der Waals surface area contributed by atoms with Gasteiger partial charge in [0.1, 0.15) is 0 Å². The van der Waals surface area contributed by atoms with Crippen LogP contribution in [0.1, 0.15) is 65.2 Å². The van der Waals surface area contributed by atoms with E-state index in [9.17, 15) is 10.2 Å². The summed E-state index contributed by atoms with van der Waals surface area (Å²) < 4.78 is 2.05. The van der Waals surface area contributed by atoms with Crippen molar-refractivity contribution in [2.24, 2.45) is 35.6 Å². The zero-order chi connectivity index (χ0) is 20.4. The number of fused-ring (bicyclic) bond motifs is 5. The smallest absolute Gasteiger partial charge is 0.167 e. The van der Waals surface area contributed by atoms with Crippen molar-refractivity contribution in [2.45, 2.75) is 82.1 Å². The van der Waals surface area contributed by atoms with Crippen LogP contribution in [0.25, 0.3) is 0 Å². The minimum atomic E-state index is -0.598. The van der Waals surface area contributed by atoms with E-state index >= 15 is 0 Å². The van der Waals surface area contributed by atoms with E-state index in [2.05, 4.69) is 24.9 Å². The Labute approximate surface area is 179 Å². The molecular formula is C24H36N2O2S. The summed E-state index contributed by atoms with van der Waals surface area (Å²) in [5.74, 6) is 2.81. The molecule has 0 saturated heterocycles. The second-order valence-electron chi connectivity index (χ2n) is 10.8. The first-order chi connectivity index (χ1) is 13.8. The lowest BCUT2D eigenvalue weighted by molar-refractivity contribution is -0.116. The molecule has 5 heteroatoms. The molecule has 3 saturated carbocycles. The van der Waals surface area contributed by atoms with Crippen molar-refractivity contribution in [2.75, 3.05) is 5.75 Å². The summed E-state index contributed by atoms with van der Waals surface area (Å²) in [6.07, 6.45) is 14.6. The SMILES string of the molecule is Cn1ccnc1SC[C@]1(O)CC[C@@H]2[C@H]3CCC4=C[C@H](O)CC[C@]4(C)[C@H]3CC[C@]21C. The van der Waals surface area contributed by atoms with Crippen LogP contribution in [-0.4, -0.2) is 37.2 Å². The summed E-state index contributed by atoms with van der Waals surface area (Å²) >= 11 is 1.72. The second-order valence-corrected chi connectivity index (χ2v) is 11.7. The topological polar surface area (TPSA) is 58.3 Å². The van der Waals surface area contributed by atoms with Gasteiger partial charge >= 0.3 is 0 Å². The number of aliphatic hydroxyl groups is 2. The number of aryl methyl sites for hydroxylation is 1. The Morgan fingerprint density at radius 3 is 2.69 bits per heavy atom. The molecule has 1 aromatic heterocycles. The molecule has 29 heavy (non-hydrogen) atoms. The van der Waals surface area contributed by atoms with E-state index in [1.54, 1.807) is 11.8 Å². The van der Waals surface area contributed by atoms with Gasteiger partial charge in [0, 0.05) is 30.6 Å². The monoisotopic (exact) mass is 416 g/mol. The van der Waals surface area contributed by atoms with E-state index in [4.69, 9.17) is 0 Å². The zero-order valence-corrected chi connectivity index (χ0v) is 18.9. The summed E-state index contributed by atoms with van der Waals surface area (Å²) in [7, 11) is 2.03. The van der Waals surface area contributed by atoms with Gasteiger partial charge in [0.25, 0.3) is 0 Å². The normalized spacial score (nSPS) is 46.6. The Morgan fingerprint density at radius 2 is 1.93 bits per heavy atom. The maximum Gasteiger partial charge on any atom is 0.167 e. The average Bonchev–Trinajstić information content (AvgIpc) is 3.22. The van der Waals surface area contributed by atoms with E-state index in [1.807, 2.05) is 24.0 Å². The molecule has 0 spiro atoms. The van der Waals surface area contributed by atoms with Crippen LogP contribution in [0.2, 0.25) is 0 Å². The number of rotatable bonds is 3. The lowest BCUT2D eigenvalue weighted by Gasteiger charge is -2.59. The molecule has 0 radical (unpaired) electrons. The summed E-state index contributed by atoms with van der Waals surface area (Å²) in [6.45, 7) is 4.86. The first-order valence-corrected chi connectivity index (χ1v) is 12.5. The molecule has 4 aliphatic rings. The average molecular weight is 417 g/mol. The number of thioether (sulfide) groups is 1. The minimum Gasteiger partial charge on any atom is -0.389 e. The highest BCUT2D eigenvalue weighted by Crippen LogP contribution is 2.68. The fraction of sp³-hybridized carbons (Fsp3) is 0.792. The van der Waals surface area contributed by atoms with Gasteiger partial charge in [0.2, 0.25) is 0 Å². The molecule has 0 aliphatic heterocycles. The van der Waals surface area contributed by atoms with Gasteiger partial charge in [-0.05, 0) is 74.5 Å². The highest BCUT2D eigenvalue weighted by Gasteiger charge is 2.63. The van der Waals surface area contributed by atoms with Crippen molar-refractivity contribution in [3.05, 3.63) is 24.0 Å². The van der Waals surface area contributed by atoms with Crippen LogP contribution in [0.4, 0.5) is 0 Å². The molecule has 4 nitrogen and oxygen atoms in total. The molecule has 7 atom stereocenters. The van der Waals surface area contributed by atoms with Crippen LogP contribution in [0.15, 0.2) is 29.2 Å². The van der Waals surface area contributed by atoms with Gasteiger partial charge in [-0.15, -0.1) is 0 Å². The van der Waals surface area contributed by atoms with Gasteiger partial charge < -0.3 is 14.8 Å². The number of imidazole rings is 1. The molecule has 0 unspecified atom stereocenters. The molecule has 4 aliphatic carbocycles. The number of aromatic nitrogens is 2. The number of hydrogen-bond donors (Lipinski definition) is 2. The Kier molecular flexibility index (Phi) is 4.77. The van der Waals surface area contributed by atoms with Gasteiger partial charge in [-0.2, -0.15) is 0 Å². The van der Waals surface area contributed by atoms with Crippen molar-refractivity contribution >= 4 is 11.8 Å². The number of aliphatic hydroxyl groups excluding tert-OH is 1. The summed E-state index contributed by atoms with van der Waals surface area (Å²) in [5, 5.41) is 23.0. The Bertz CT molecular complexity index is 822. The maximum atomic E-state index is 11.9. The Hall–Kier alpha value is -0.780. The van der Waals surface area contributed by atoms with Crippen molar-refractivity contribution in [1.29, 1.82) is 0 Å². The predicted molar refractivity (Wildman–Crippen MR) is 117 cm³/mol. The largest absolute Gasteiger partial charge is 0.389 e. The van der Waals surface area contributed by atoms with Gasteiger partial charge in [0.15, 0.2) is 5.16 Å². The zero-order valence-electron chi connectivity index (χ0n) is 18.1. The van der Waals surface area contributed by atoms with Gasteiger partial charge in [0.05, 0.1) is 11.7 Å². The number of nitrogens with zero attached hydrogens (tertiary/aromatic N) is 2. The van der Waals surface area contributed by atoms with E-state index < -0.39 is 5.60 Å². The van der Waals surface area contributed by atoms with E-state index in [1.165, 1.54) is 18.4 Å². The van der Waals surface area contributed by atoms with Crippen LogP contribution in [-0.2, 0) is 7.05 Å². The molecular weight excluding hydrogens is 380 g/mol. The van der Waals surface area contributed by atoms with Gasteiger partial charge in [-0.3, -0.25) is 0 Å². The quantitative estimate of drug-likeness (QED) is 0.560. The van der Waals surface area contributed by atoms with Crippen LogP contribution in [0.5, 0.6) is 0 Å². The fourth-order valence-electron chi connectivity index (χ4n) is 7.73. The van der Waals surface area contributed by atoms with Gasteiger partial charge in [-0.1, -0.05) is 37.3 Å². The van der Waals surface area contributed by atoms with E-state index in [-0.39, 0.29) is 16.9 Å². The summed E-state index contributed by atoms with van der Waals surface area (Å²) in [4.78, 5) is 4.45. The molecule has 1 heterocycles. The lowest BCUT2D eigenvalue weighted by atomic mass is 9.46. The third kappa shape index (κ3) is 2.90. The molecule has 0 bridgehead atoms. The van der Waals surface area contributed by atoms with Crippen LogP contribution in [0.3, 0.4) is 0 Å². The molecule has 0 amide bonds. The maximum absolute atomic E-state index is 11.9. The van der Waals surface area contributed by atoms with Gasteiger partial charge in [-0.25, -0.2) is 4.98 Å². The summed E-state index contributed by atoms with van der Waals surface area (Å²) in [6, 6.07) is 0. The third-order valence-electron chi connectivity index (χ3n) is 9.63. The Morgan fingerprint density at radius 1 is 1.14 bits per heavy atom. The highest BCUT2D eigenvalue weighted by atomic mass is 32.2. The lowest BCUT2D eigenvalue weighted by Crippen LogP contribution is -2.55. The van der Waals surface area contributed by atoms with Crippen molar-refractivity contribution in [1.82, 2.24) is 9.55 Å². The van der Waals surface area contributed by atoms with Crippen molar-refractivity contribution in [3.8, 4) is 0 Å². The number of hydrogen-bond acceptors (Lipinski definition) is 4. The van der Waals surface area contributed by atoms with E-state index in [0.29, 0.717) is 5.92 Å². The van der Waals surface area contributed by atoms with Crippen molar-refractivity contribution < 1.29 is 10.2 Å². The number of allylic oxidation sites excluding steroid dienone is 1. The second kappa shape index (κ2) is 6.86. The molecule has 3 fully saturated rings. The molecule has 5 rings (SSSR count). The fourth-order valence-corrected chi connectivity index (χ4v) is 8.97. The first-order valence-electron chi connectivity index (χ1n) is 11.5. The Balaban J connectivity index is 1.38. The van der Waals surface area contributed by atoms with Crippen LogP contribution in [0, 0.1) is 28.6 Å². The molecule has 1 aromatic rings. The minimum absolute atomic E-state index is 0.0120. The summed E-state index contributed by atoms with van der Waals surface area (Å²) in [5.41, 5.74) is 1.21. The highest BCUT2D eigenvalue weighted by molar-refractivity contribution is 7.99. The van der Waals surface area contributed by atoms with Crippen LogP contribution < -0.4 is 0 Å².